The lowest BCUT2D eigenvalue weighted by molar-refractivity contribution is -0.129. The maximum atomic E-state index is 14.2. The van der Waals surface area contributed by atoms with Crippen LogP contribution in [0.15, 0.2) is 83.1 Å². The average molecular weight is 782 g/mol. The van der Waals surface area contributed by atoms with Crippen LogP contribution in [-0.2, 0) is 32.6 Å². The number of carbonyl (C=O) groups is 3. The van der Waals surface area contributed by atoms with Gasteiger partial charge in [0.15, 0.2) is 0 Å². The Kier molecular flexibility index (Phi) is 12.9. The first-order chi connectivity index (χ1) is 25.1. The van der Waals surface area contributed by atoms with Crippen LogP contribution in [0.25, 0.3) is 11.3 Å². The summed E-state index contributed by atoms with van der Waals surface area (Å²) in [5.41, 5.74) is 9.12. The number of anilines is 1. The molecule has 1 saturated heterocycles. The Labute approximate surface area is 319 Å². The Morgan fingerprint density at radius 1 is 1.02 bits per heavy atom. The van der Waals surface area contributed by atoms with Gasteiger partial charge in [0.25, 0.3) is 5.91 Å². The number of amides is 4. The fourth-order valence-corrected chi connectivity index (χ4v) is 8.50. The molecule has 4 aromatic rings. The number of sulfonamides is 1. The molecule has 1 aromatic heterocycles. The molecule has 4 N–H and O–H groups in total. The number of nitrogen functional groups attached to an aromatic ring is 1. The van der Waals surface area contributed by atoms with E-state index < -0.39 is 52.0 Å². The van der Waals surface area contributed by atoms with Crippen molar-refractivity contribution in [3.05, 3.63) is 94.3 Å². The summed E-state index contributed by atoms with van der Waals surface area (Å²) in [5, 5.41) is 20.8. The van der Waals surface area contributed by atoms with Crippen LogP contribution in [0.4, 0.5) is 10.5 Å². The molecule has 0 aliphatic carbocycles. The van der Waals surface area contributed by atoms with Gasteiger partial charge in [0.2, 0.25) is 15.9 Å². The molecule has 3 aromatic carbocycles. The summed E-state index contributed by atoms with van der Waals surface area (Å²) in [7, 11) is -4.15. The van der Waals surface area contributed by atoms with E-state index in [0.29, 0.717) is 0 Å². The lowest BCUT2D eigenvalue weighted by Gasteiger charge is -2.34. The van der Waals surface area contributed by atoms with Crippen molar-refractivity contribution in [3.63, 3.8) is 0 Å². The van der Waals surface area contributed by atoms with Crippen LogP contribution in [0.2, 0.25) is 5.02 Å². The van der Waals surface area contributed by atoms with Crippen molar-refractivity contribution in [3.8, 4) is 11.3 Å². The quantitative estimate of drug-likeness (QED) is 0.108. The summed E-state index contributed by atoms with van der Waals surface area (Å²) >= 11 is 7.30. The summed E-state index contributed by atoms with van der Waals surface area (Å²) in [6.07, 6.45) is -1.21. The SMILES string of the molecule is CC(C)CN(C[C@@H](O)[C@H](Cc1ccccc1)NC(=O)[C@H](C(C)C)N1CC(=O)N(Cc2ccc(-c3csnn3)cc2)C1=O)S(=O)(=O)c1ccc(Cl)c(N)c1. The van der Waals surface area contributed by atoms with Gasteiger partial charge in [-0.25, -0.2) is 13.2 Å². The van der Waals surface area contributed by atoms with Gasteiger partial charge in [0, 0.05) is 24.0 Å². The van der Waals surface area contributed by atoms with E-state index in [0.717, 1.165) is 27.3 Å². The normalized spacial score (nSPS) is 15.4. The first-order valence-corrected chi connectivity index (χ1v) is 19.9. The van der Waals surface area contributed by atoms with Gasteiger partial charge in [-0.2, -0.15) is 4.31 Å². The molecule has 2 heterocycles. The van der Waals surface area contributed by atoms with Crippen molar-refractivity contribution in [2.24, 2.45) is 11.8 Å². The second-order valence-electron chi connectivity index (χ2n) is 13.8. The van der Waals surface area contributed by atoms with Crippen LogP contribution in [0.3, 0.4) is 0 Å². The van der Waals surface area contributed by atoms with Crippen LogP contribution in [0.1, 0.15) is 38.8 Å². The van der Waals surface area contributed by atoms with Crippen LogP contribution < -0.4 is 11.1 Å². The number of carbonyl (C=O) groups excluding carboxylic acids is 3. The Balaban J connectivity index is 1.36. The zero-order valence-electron chi connectivity index (χ0n) is 29.9. The maximum Gasteiger partial charge on any atom is 0.328 e. The van der Waals surface area contributed by atoms with Gasteiger partial charge in [-0.05, 0) is 59.1 Å². The smallest absolute Gasteiger partial charge is 0.328 e. The molecular weight excluding hydrogens is 738 g/mol. The average Bonchev–Trinajstić information content (AvgIpc) is 3.74. The van der Waals surface area contributed by atoms with Crippen molar-refractivity contribution < 1.29 is 27.9 Å². The fraction of sp³-hybridized carbons (Fsp3) is 0.378. The molecule has 13 nitrogen and oxygen atoms in total. The van der Waals surface area contributed by atoms with Crippen LogP contribution in [0.5, 0.6) is 0 Å². The number of aliphatic hydroxyl groups is 1. The number of nitrogens with two attached hydrogens (primary N) is 1. The summed E-state index contributed by atoms with van der Waals surface area (Å²) in [6, 6.07) is 17.9. The molecule has 4 amide bonds. The van der Waals surface area contributed by atoms with Gasteiger partial charge in [0.05, 0.1) is 34.3 Å². The van der Waals surface area contributed by atoms with Crippen molar-refractivity contribution in [1.29, 1.82) is 0 Å². The number of nitrogens with one attached hydrogen (secondary N) is 1. The lowest BCUT2D eigenvalue weighted by atomic mass is 9.97. The summed E-state index contributed by atoms with van der Waals surface area (Å²) in [5.74, 6) is -1.54. The Bertz CT molecular complexity index is 2000. The standard InChI is InChI=1S/C37H44ClN7O6S2/c1-23(2)18-43(53(50,51)28-14-15-29(38)30(39)17-28)20-33(46)31(16-25-8-6-5-7-9-25)40-36(48)35(24(3)4)45-21-34(47)44(37(45)49)19-26-10-12-27(13-11-26)32-22-52-42-41-32/h5-15,17,22-24,31,33,35,46H,16,18-21,39H2,1-4H3,(H,40,48)/t31-,33+,35-/m0/s1. The number of hydrogen-bond acceptors (Lipinski definition) is 10. The van der Waals surface area contributed by atoms with Crippen molar-refractivity contribution in [2.75, 3.05) is 25.4 Å². The van der Waals surface area contributed by atoms with Gasteiger partial charge in [-0.1, -0.05) is 98.4 Å². The number of hydrogen-bond donors (Lipinski definition) is 3. The molecule has 0 saturated carbocycles. The Hall–Kier alpha value is -4.41. The van der Waals surface area contributed by atoms with Gasteiger partial charge in [-0.15, -0.1) is 5.10 Å². The molecule has 0 radical (unpaired) electrons. The van der Waals surface area contributed by atoms with E-state index in [1.807, 2.05) is 73.8 Å². The largest absolute Gasteiger partial charge is 0.397 e. The zero-order chi connectivity index (χ0) is 38.4. The van der Waals surface area contributed by atoms with Crippen LogP contribution >= 0.6 is 23.1 Å². The molecule has 282 valence electrons. The number of urea groups is 1. The van der Waals surface area contributed by atoms with E-state index in [9.17, 15) is 27.9 Å². The van der Waals surface area contributed by atoms with E-state index in [1.165, 1.54) is 38.9 Å². The van der Waals surface area contributed by atoms with E-state index in [4.69, 9.17) is 17.3 Å². The second kappa shape index (κ2) is 17.2. The third-order valence-electron chi connectivity index (χ3n) is 8.92. The number of aromatic nitrogens is 2. The van der Waals surface area contributed by atoms with E-state index >= 15 is 0 Å². The molecule has 5 rings (SSSR count). The first kappa shape index (κ1) is 39.8. The van der Waals surface area contributed by atoms with Crippen molar-refractivity contribution in [2.45, 2.75) is 63.7 Å². The van der Waals surface area contributed by atoms with Crippen molar-refractivity contribution >= 4 is 56.7 Å². The highest BCUT2D eigenvalue weighted by Crippen LogP contribution is 2.27. The Morgan fingerprint density at radius 2 is 1.72 bits per heavy atom. The highest BCUT2D eigenvalue weighted by atomic mass is 35.5. The third-order valence-corrected chi connectivity index (χ3v) is 11.6. The number of halogens is 1. The summed E-state index contributed by atoms with van der Waals surface area (Å²) in [4.78, 5) is 43.5. The van der Waals surface area contributed by atoms with E-state index in [2.05, 4.69) is 14.9 Å². The first-order valence-electron chi connectivity index (χ1n) is 17.2. The molecule has 3 atom stereocenters. The van der Waals surface area contributed by atoms with Crippen LogP contribution in [-0.4, -0.2) is 92.9 Å². The highest BCUT2D eigenvalue weighted by molar-refractivity contribution is 7.89. The van der Waals surface area contributed by atoms with E-state index in [1.54, 1.807) is 13.8 Å². The van der Waals surface area contributed by atoms with Crippen LogP contribution in [0, 0.1) is 11.8 Å². The third kappa shape index (κ3) is 9.58. The lowest BCUT2D eigenvalue weighted by Crippen LogP contribution is -2.57. The Morgan fingerprint density at radius 3 is 2.32 bits per heavy atom. The topological polar surface area (TPSA) is 179 Å². The van der Waals surface area contributed by atoms with Crippen molar-refractivity contribution in [1.82, 2.24) is 29.0 Å². The number of benzene rings is 3. The molecule has 1 aliphatic rings. The minimum Gasteiger partial charge on any atom is -0.397 e. The molecule has 1 fully saturated rings. The second-order valence-corrected chi connectivity index (χ2v) is 16.8. The summed E-state index contributed by atoms with van der Waals surface area (Å²) < 4.78 is 32.8. The predicted octanol–water partition coefficient (Wildman–Crippen LogP) is 4.66. The van der Waals surface area contributed by atoms with E-state index in [-0.39, 0.29) is 54.1 Å². The predicted molar refractivity (Wildman–Crippen MR) is 204 cm³/mol. The number of nitrogens with zero attached hydrogens (tertiary/aromatic N) is 5. The van der Waals surface area contributed by atoms with Gasteiger partial charge in [0.1, 0.15) is 18.3 Å². The van der Waals surface area contributed by atoms with Gasteiger partial charge < -0.3 is 21.1 Å². The molecule has 0 spiro atoms. The monoisotopic (exact) mass is 781 g/mol. The zero-order valence-corrected chi connectivity index (χ0v) is 32.3. The fourth-order valence-electron chi connectivity index (χ4n) is 6.26. The van der Waals surface area contributed by atoms with Gasteiger partial charge >= 0.3 is 6.03 Å². The number of rotatable bonds is 16. The molecular formula is C37H44ClN7O6S2. The minimum absolute atomic E-state index is 0.0188. The molecule has 0 bridgehead atoms. The number of aliphatic hydroxyl groups excluding tert-OH is 1. The minimum atomic E-state index is -4.15. The van der Waals surface area contributed by atoms with Gasteiger partial charge in [-0.3, -0.25) is 14.5 Å². The highest BCUT2D eigenvalue weighted by Gasteiger charge is 2.44. The molecule has 0 unspecified atom stereocenters. The molecule has 53 heavy (non-hydrogen) atoms. The number of imide groups is 1. The molecule has 1 aliphatic heterocycles. The summed E-state index contributed by atoms with van der Waals surface area (Å²) in [6.45, 7) is 6.71. The maximum absolute atomic E-state index is 14.2. The molecule has 16 heteroatoms.